The first-order chi connectivity index (χ1) is 6.24. The minimum Gasteiger partial charge on any atom is -0.383 e. The molecule has 0 saturated carbocycles. The third-order valence-corrected chi connectivity index (χ3v) is 2.74. The lowest BCUT2D eigenvalue weighted by Crippen LogP contribution is -1.98. The second kappa shape index (κ2) is 2.97. The van der Waals surface area contributed by atoms with Crippen molar-refractivity contribution in [3.05, 3.63) is 35.6 Å². The van der Waals surface area contributed by atoms with Crippen LogP contribution >= 0.6 is 11.3 Å². The maximum absolute atomic E-state index is 9.64. The molecule has 1 N–H and O–H groups in total. The SMILES string of the molecule is C=CC(O)c1c(C)nc2sccn12. The van der Waals surface area contributed by atoms with E-state index in [1.807, 2.05) is 22.9 Å². The number of imidazole rings is 1. The normalized spacial score (nSPS) is 13.4. The quantitative estimate of drug-likeness (QED) is 0.742. The Morgan fingerprint density at radius 1 is 1.77 bits per heavy atom. The highest BCUT2D eigenvalue weighted by Gasteiger charge is 2.14. The molecule has 0 radical (unpaired) electrons. The third-order valence-electron chi connectivity index (χ3n) is 1.99. The standard InChI is InChI=1S/C9H10N2OS/c1-3-7(12)8-6(2)10-9-11(8)4-5-13-9/h3-5,7,12H,1H2,2H3. The van der Waals surface area contributed by atoms with Crippen molar-refractivity contribution >= 4 is 16.3 Å². The van der Waals surface area contributed by atoms with E-state index in [0.717, 1.165) is 16.3 Å². The number of aliphatic hydroxyl groups excluding tert-OH is 1. The Kier molecular flexibility index (Phi) is 1.94. The Morgan fingerprint density at radius 3 is 3.23 bits per heavy atom. The van der Waals surface area contributed by atoms with E-state index < -0.39 is 6.10 Å². The van der Waals surface area contributed by atoms with Gasteiger partial charge in [-0.15, -0.1) is 17.9 Å². The van der Waals surface area contributed by atoms with Gasteiger partial charge in [-0.3, -0.25) is 4.40 Å². The van der Waals surface area contributed by atoms with E-state index in [1.165, 1.54) is 6.08 Å². The van der Waals surface area contributed by atoms with Gasteiger partial charge < -0.3 is 5.11 Å². The summed E-state index contributed by atoms with van der Waals surface area (Å²) in [6, 6.07) is 0. The Bertz CT molecular complexity index is 443. The monoisotopic (exact) mass is 194 g/mol. The summed E-state index contributed by atoms with van der Waals surface area (Å²) in [5.74, 6) is 0. The van der Waals surface area contributed by atoms with Crippen LogP contribution in [0.5, 0.6) is 0 Å². The van der Waals surface area contributed by atoms with Crippen LogP contribution in [0.15, 0.2) is 24.2 Å². The van der Waals surface area contributed by atoms with Crippen molar-refractivity contribution in [3.63, 3.8) is 0 Å². The minimum absolute atomic E-state index is 0.635. The van der Waals surface area contributed by atoms with E-state index >= 15 is 0 Å². The molecule has 0 aliphatic rings. The molecule has 13 heavy (non-hydrogen) atoms. The summed E-state index contributed by atoms with van der Waals surface area (Å²) < 4.78 is 1.90. The number of rotatable bonds is 2. The van der Waals surface area contributed by atoms with Crippen molar-refractivity contribution < 1.29 is 5.11 Å². The zero-order valence-electron chi connectivity index (χ0n) is 7.27. The summed E-state index contributed by atoms with van der Waals surface area (Å²) in [6.45, 7) is 5.45. The largest absolute Gasteiger partial charge is 0.383 e. The molecule has 2 heterocycles. The van der Waals surface area contributed by atoms with Gasteiger partial charge in [-0.25, -0.2) is 4.98 Å². The first-order valence-corrected chi connectivity index (χ1v) is 4.84. The first kappa shape index (κ1) is 8.47. The van der Waals surface area contributed by atoms with Gasteiger partial charge in [0.2, 0.25) is 0 Å². The fourth-order valence-electron chi connectivity index (χ4n) is 1.38. The Hall–Kier alpha value is -1.13. The van der Waals surface area contributed by atoms with Gasteiger partial charge >= 0.3 is 0 Å². The topological polar surface area (TPSA) is 37.5 Å². The summed E-state index contributed by atoms with van der Waals surface area (Å²) in [7, 11) is 0. The van der Waals surface area contributed by atoms with Crippen molar-refractivity contribution in [2.24, 2.45) is 0 Å². The van der Waals surface area contributed by atoms with Crippen LogP contribution in [-0.2, 0) is 0 Å². The second-order valence-corrected chi connectivity index (χ2v) is 3.69. The number of nitrogens with zero attached hydrogens (tertiary/aromatic N) is 2. The van der Waals surface area contributed by atoms with E-state index in [9.17, 15) is 5.11 Å². The lowest BCUT2D eigenvalue weighted by atomic mass is 10.2. The minimum atomic E-state index is -0.635. The van der Waals surface area contributed by atoms with Crippen LogP contribution in [0, 0.1) is 6.92 Å². The molecule has 0 aliphatic carbocycles. The molecule has 2 aromatic rings. The predicted molar refractivity (Wildman–Crippen MR) is 53.0 cm³/mol. The van der Waals surface area contributed by atoms with Gasteiger partial charge in [0.1, 0.15) is 6.10 Å². The van der Waals surface area contributed by atoms with Gasteiger partial charge in [0, 0.05) is 11.6 Å². The van der Waals surface area contributed by atoms with Crippen LogP contribution in [0.25, 0.3) is 4.96 Å². The first-order valence-electron chi connectivity index (χ1n) is 3.96. The molecule has 2 rings (SSSR count). The van der Waals surface area contributed by atoms with Gasteiger partial charge in [0.15, 0.2) is 4.96 Å². The number of aromatic nitrogens is 2. The fourth-order valence-corrected chi connectivity index (χ4v) is 2.15. The summed E-state index contributed by atoms with van der Waals surface area (Å²) >= 11 is 1.56. The molecule has 0 aliphatic heterocycles. The number of hydrogen-bond donors (Lipinski definition) is 1. The van der Waals surface area contributed by atoms with Gasteiger partial charge in [-0.2, -0.15) is 0 Å². The van der Waals surface area contributed by atoms with Gasteiger partial charge in [0.05, 0.1) is 11.4 Å². The molecule has 0 spiro atoms. The molecule has 0 fully saturated rings. The molecule has 2 aromatic heterocycles. The molecule has 1 atom stereocenters. The molecule has 68 valence electrons. The highest BCUT2D eigenvalue weighted by molar-refractivity contribution is 7.15. The van der Waals surface area contributed by atoms with E-state index in [4.69, 9.17) is 0 Å². The third kappa shape index (κ3) is 1.18. The molecule has 0 saturated heterocycles. The van der Waals surface area contributed by atoms with E-state index in [-0.39, 0.29) is 0 Å². The zero-order valence-corrected chi connectivity index (χ0v) is 8.08. The van der Waals surface area contributed by atoms with Crippen LogP contribution in [0.4, 0.5) is 0 Å². The van der Waals surface area contributed by atoms with Crippen molar-refractivity contribution in [2.45, 2.75) is 13.0 Å². The lowest BCUT2D eigenvalue weighted by molar-refractivity contribution is 0.222. The van der Waals surface area contributed by atoms with Crippen LogP contribution < -0.4 is 0 Å². The average Bonchev–Trinajstić information content (AvgIpc) is 2.62. The predicted octanol–water partition coefficient (Wildman–Crippen LogP) is 1.92. The molecular weight excluding hydrogens is 184 g/mol. The molecule has 3 nitrogen and oxygen atoms in total. The number of thiazole rings is 1. The Labute approximate surface area is 80.0 Å². The second-order valence-electron chi connectivity index (χ2n) is 2.82. The number of aliphatic hydroxyl groups is 1. The number of fused-ring (bicyclic) bond motifs is 1. The van der Waals surface area contributed by atoms with Gasteiger partial charge in [-0.1, -0.05) is 6.08 Å². The van der Waals surface area contributed by atoms with Crippen LogP contribution in [-0.4, -0.2) is 14.5 Å². The summed E-state index contributed by atoms with van der Waals surface area (Å²) in [6.07, 6.45) is 2.78. The smallest absolute Gasteiger partial charge is 0.194 e. The maximum Gasteiger partial charge on any atom is 0.194 e. The van der Waals surface area contributed by atoms with E-state index in [2.05, 4.69) is 11.6 Å². The van der Waals surface area contributed by atoms with Crippen LogP contribution in [0.3, 0.4) is 0 Å². The molecule has 4 heteroatoms. The zero-order chi connectivity index (χ0) is 9.42. The number of hydrogen-bond acceptors (Lipinski definition) is 3. The molecular formula is C9H10N2OS. The van der Waals surface area contributed by atoms with Crippen LogP contribution in [0.1, 0.15) is 17.5 Å². The molecule has 1 unspecified atom stereocenters. The van der Waals surface area contributed by atoms with E-state index in [1.54, 1.807) is 11.3 Å². The molecule has 0 amide bonds. The summed E-state index contributed by atoms with van der Waals surface area (Å²) in [4.78, 5) is 5.23. The van der Waals surface area contributed by atoms with Gasteiger partial charge in [0.25, 0.3) is 0 Å². The highest BCUT2D eigenvalue weighted by atomic mass is 32.1. The van der Waals surface area contributed by atoms with Gasteiger partial charge in [-0.05, 0) is 6.92 Å². The van der Waals surface area contributed by atoms with Crippen molar-refractivity contribution in [2.75, 3.05) is 0 Å². The Morgan fingerprint density at radius 2 is 2.54 bits per heavy atom. The number of aryl methyl sites for hydroxylation is 1. The maximum atomic E-state index is 9.64. The fraction of sp³-hybridized carbons (Fsp3) is 0.222. The highest BCUT2D eigenvalue weighted by Crippen LogP contribution is 2.22. The summed E-state index contributed by atoms with van der Waals surface area (Å²) in [5, 5.41) is 11.6. The van der Waals surface area contributed by atoms with Crippen LogP contribution in [0.2, 0.25) is 0 Å². The summed E-state index contributed by atoms with van der Waals surface area (Å²) in [5.41, 5.74) is 1.67. The lowest BCUT2D eigenvalue weighted by Gasteiger charge is -2.04. The Balaban J connectivity index is 2.69. The average molecular weight is 194 g/mol. The van der Waals surface area contributed by atoms with Crippen molar-refractivity contribution in [3.8, 4) is 0 Å². The van der Waals surface area contributed by atoms with Crippen molar-refractivity contribution in [1.29, 1.82) is 0 Å². The molecule has 0 bridgehead atoms. The van der Waals surface area contributed by atoms with Crippen molar-refractivity contribution in [1.82, 2.24) is 9.38 Å². The van der Waals surface area contributed by atoms with E-state index in [0.29, 0.717) is 0 Å². The molecule has 0 aromatic carbocycles.